The van der Waals surface area contributed by atoms with Gasteiger partial charge in [0.05, 0.1) is 11.6 Å². The van der Waals surface area contributed by atoms with Gasteiger partial charge in [0.1, 0.15) is 5.15 Å². The monoisotopic (exact) mass is 337 g/mol. The summed E-state index contributed by atoms with van der Waals surface area (Å²) in [5.41, 5.74) is 1.74. The van der Waals surface area contributed by atoms with E-state index in [2.05, 4.69) is 22.5 Å². The Morgan fingerprint density at radius 2 is 1.86 bits per heavy atom. The SMILES string of the molecule is C[C@@]1(c2ccc(Cl)cc2)NC(=S)N[C@H]1c1ccc(Cl)nc1. The zero-order valence-corrected chi connectivity index (χ0v) is 13.6. The highest BCUT2D eigenvalue weighted by molar-refractivity contribution is 7.80. The van der Waals surface area contributed by atoms with Crippen molar-refractivity contribution in [2.75, 3.05) is 0 Å². The highest BCUT2D eigenvalue weighted by Gasteiger charge is 2.43. The molecule has 2 heterocycles. The number of halogens is 2. The molecule has 2 aromatic rings. The summed E-state index contributed by atoms with van der Waals surface area (Å²) in [5, 5.41) is 8.44. The molecule has 0 amide bonds. The Balaban J connectivity index is 2.04. The lowest BCUT2D eigenvalue weighted by molar-refractivity contribution is 0.378. The van der Waals surface area contributed by atoms with E-state index in [9.17, 15) is 0 Å². The summed E-state index contributed by atoms with van der Waals surface area (Å²) >= 11 is 17.1. The number of rotatable bonds is 2. The summed E-state index contributed by atoms with van der Waals surface area (Å²) < 4.78 is 0. The number of nitrogens with zero attached hydrogens (tertiary/aromatic N) is 1. The van der Waals surface area contributed by atoms with Crippen molar-refractivity contribution in [3.05, 3.63) is 63.9 Å². The minimum absolute atomic E-state index is 0.0315. The number of thiocarbonyl (C=S) groups is 1. The van der Waals surface area contributed by atoms with Crippen LogP contribution in [0.5, 0.6) is 0 Å². The summed E-state index contributed by atoms with van der Waals surface area (Å²) in [6.07, 6.45) is 1.77. The number of aromatic nitrogens is 1. The molecule has 21 heavy (non-hydrogen) atoms. The predicted octanol–water partition coefficient (Wildman–Crippen LogP) is 3.82. The van der Waals surface area contributed by atoms with E-state index < -0.39 is 0 Å². The van der Waals surface area contributed by atoms with Gasteiger partial charge in [-0.2, -0.15) is 0 Å². The van der Waals surface area contributed by atoms with Crippen molar-refractivity contribution in [1.29, 1.82) is 0 Å². The van der Waals surface area contributed by atoms with Gasteiger partial charge < -0.3 is 10.6 Å². The lowest BCUT2D eigenvalue weighted by atomic mass is 9.83. The smallest absolute Gasteiger partial charge is 0.167 e. The Morgan fingerprint density at radius 3 is 2.48 bits per heavy atom. The summed E-state index contributed by atoms with van der Waals surface area (Å²) in [5.74, 6) is 0. The second-order valence-electron chi connectivity index (χ2n) is 5.15. The zero-order valence-electron chi connectivity index (χ0n) is 11.2. The van der Waals surface area contributed by atoms with E-state index in [0.717, 1.165) is 11.1 Å². The topological polar surface area (TPSA) is 37.0 Å². The Labute approximate surface area is 138 Å². The molecule has 2 atom stereocenters. The van der Waals surface area contributed by atoms with Crippen LogP contribution in [0.2, 0.25) is 10.2 Å². The van der Waals surface area contributed by atoms with Gasteiger partial charge in [-0.25, -0.2) is 4.98 Å². The number of pyridine rings is 1. The molecule has 0 bridgehead atoms. The van der Waals surface area contributed by atoms with Crippen molar-refractivity contribution in [1.82, 2.24) is 15.6 Å². The molecule has 0 spiro atoms. The minimum Gasteiger partial charge on any atom is -0.353 e. The molecule has 0 saturated carbocycles. The minimum atomic E-state index is -0.378. The van der Waals surface area contributed by atoms with Gasteiger partial charge in [0, 0.05) is 11.2 Å². The van der Waals surface area contributed by atoms with Crippen molar-refractivity contribution < 1.29 is 0 Å². The third kappa shape index (κ3) is 2.71. The first kappa shape index (κ1) is 14.6. The Hall–Kier alpha value is -1.36. The number of benzene rings is 1. The summed E-state index contributed by atoms with van der Waals surface area (Å²) in [6, 6.07) is 11.5. The molecule has 0 radical (unpaired) electrons. The second kappa shape index (κ2) is 5.44. The van der Waals surface area contributed by atoms with Gasteiger partial charge in [-0.1, -0.05) is 41.4 Å². The number of hydrogen-bond donors (Lipinski definition) is 2. The van der Waals surface area contributed by atoms with Crippen LogP contribution in [-0.4, -0.2) is 10.1 Å². The summed E-state index contributed by atoms with van der Waals surface area (Å²) in [4.78, 5) is 4.16. The maximum atomic E-state index is 5.98. The van der Waals surface area contributed by atoms with Gasteiger partial charge in [0.25, 0.3) is 0 Å². The van der Waals surface area contributed by atoms with Gasteiger partial charge in [-0.15, -0.1) is 0 Å². The van der Waals surface area contributed by atoms with Crippen LogP contribution in [-0.2, 0) is 5.54 Å². The van der Waals surface area contributed by atoms with Crippen LogP contribution < -0.4 is 10.6 Å². The molecule has 1 aromatic carbocycles. The quantitative estimate of drug-likeness (QED) is 0.645. The molecule has 6 heteroatoms. The molecule has 2 N–H and O–H groups in total. The lowest BCUT2D eigenvalue weighted by Gasteiger charge is -2.31. The highest BCUT2D eigenvalue weighted by Crippen LogP contribution is 2.38. The second-order valence-corrected chi connectivity index (χ2v) is 6.39. The van der Waals surface area contributed by atoms with E-state index in [1.807, 2.05) is 30.3 Å². The van der Waals surface area contributed by atoms with E-state index in [4.69, 9.17) is 35.4 Å². The van der Waals surface area contributed by atoms with E-state index in [-0.39, 0.29) is 11.6 Å². The molecule has 0 unspecified atom stereocenters. The van der Waals surface area contributed by atoms with Gasteiger partial charge in [-0.3, -0.25) is 0 Å². The molecule has 1 saturated heterocycles. The standard InChI is InChI=1S/C15H13Cl2N3S/c1-15(10-3-5-11(16)6-4-10)13(19-14(21)20-15)9-2-7-12(17)18-8-9/h2-8,13H,1H3,(H2,19,20,21)/t13-,15-/m0/s1. The summed E-state index contributed by atoms with van der Waals surface area (Å²) in [6.45, 7) is 2.10. The zero-order chi connectivity index (χ0) is 15.0. The average molecular weight is 338 g/mol. The van der Waals surface area contributed by atoms with Crippen LogP contribution in [0.25, 0.3) is 0 Å². The molecular weight excluding hydrogens is 325 g/mol. The third-order valence-electron chi connectivity index (χ3n) is 3.75. The van der Waals surface area contributed by atoms with Gasteiger partial charge in [-0.05, 0) is 48.5 Å². The highest BCUT2D eigenvalue weighted by atomic mass is 35.5. The van der Waals surface area contributed by atoms with E-state index in [1.165, 1.54) is 0 Å². The molecule has 3 rings (SSSR count). The lowest BCUT2D eigenvalue weighted by Crippen LogP contribution is -2.39. The van der Waals surface area contributed by atoms with Crippen molar-refractivity contribution in [3.8, 4) is 0 Å². The van der Waals surface area contributed by atoms with E-state index in [0.29, 0.717) is 15.3 Å². The van der Waals surface area contributed by atoms with Crippen molar-refractivity contribution in [2.45, 2.75) is 18.5 Å². The van der Waals surface area contributed by atoms with Gasteiger partial charge >= 0.3 is 0 Å². The third-order valence-corrected chi connectivity index (χ3v) is 4.45. The normalized spacial score (nSPS) is 24.5. The van der Waals surface area contributed by atoms with Crippen LogP contribution in [0, 0.1) is 0 Å². The fourth-order valence-corrected chi connectivity index (χ4v) is 3.20. The van der Waals surface area contributed by atoms with Crippen molar-refractivity contribution in [2.24, 2.45) is 0 Å². The average Bonchev–Trinajstić information content (AvgIpc) is 2.76. The van der Waals surface area contributed by atoms with E-state index >= 15 is 0 Å². The number of hydrogen-bond acceptors (Lipinski definition) is 2. The molecule has 1 aliphatic heterocycles. The van der Waals surface area contributed by atoms with Gasteiger partial charge in [0.15, 0.2) is 5.11 Å². The van der Waals surface area contributed by atoms with Crippen LogP contribution in [0.15, 0.2) is 42.6 Å². The molecule has 1 fully saturated rings. The Morgan fingerprint density at radius 1 is 1.14 bits per heavy atom. The molecule has 1 aromatic heterocycles. The van der Waals surface area contributed by atoms with Crippen molar-refractivity contribution in [3.63, 3.8) is 0 Å². The molecule has 1 aliphatic rings. The Kier molecular flexibility index (Phi) is 3.78. The first-order valence-electron chi connectivity index (χ1n) is 6.45. The van der Waals surface area contributed by atoms with Crippen LogP contribution in [0.1, 0.15) is 24.1 Å². The maximum Gasteiger partial charge on any atom is 0.167 e. The predicted molar refractivity (Wildman–Crippen MR) is 89.7 cm³/mol. The molecule has 108 valence electrons. The van der Waals surface area contributed by atoms with Crippen molar-refractivity contribution >= 4 is 40.5 Å². The first-order valence-corrected chi connectivity index (χ1v) is 7.61. The summed E-state index contributed by atoms with van der Waals surface area (Å²) in [7, 11) is 0. The molecule has 0 aliphatic carbocycles. The maximum absolute atomic E-state index is 5.98. The molecular formula is C15H13Cl2N3S. The number of nitrogens with one attached hydrogen (secondary N) is 2. The van der Waals surface area contributed by atoms with Gasteiger partial charge in [0.2, 0.25) is 0 Å². The largest absolute Gasteiger partial charge is 0.353 e. The van der Waals surface area contributed by atoms with Crippen LogP contribution in [0.3, 0.4) is 0 Å². The van der Waals surface area contributed by atoms with Crippen LogP contribution in [0.4, 0.5) is 0 Å². The fraction of sp³-hybridized carbons (Fsp3) is 0.200. The van der Waals surface area contributed by atoms with Crippen LogP contribution >= 0.6 is 35.4 Å². The van der Waals surface area contributed by atoms with E-state index in [1.54, 1.807) is 12.3 Å². The first-order chi connectivity index (χ1) is 9.99. The Bertz CT molecular complexity index is 672. The molecule has 3 nitrogen and oxygen atoms in total. The fourth-order valence-electron chi connectivity index (χ4n) is 2.63.